The summed E-state index contributed by atoms with van der Waals surface area (Å²) < 4.78 is 16.4. The first kappa shape index (κ1) is 24.7. The maximum Gasteiger partial charge on any atom is 0.415 e. The molecule has 1 aliphatic rings. The number of carbonyl (C=O) groups excluding carboxylic acids is 2. The van der Waals surface area contributed by atoms with Crippen LogP contribution in [0, 0.1) is 11.8 Å². The number of hydroxylamine groups is 2. The van der Waals surface area contributed by atoms with Gasteiger partial charge in [-0.3, -0.25) is 0 Å². The molecule has 170 valence electrons. The van der Waals surface area contributed by atoms with Crippen LogP contribution in [0.3, 0.4) is 0 Å². The fourth-order valence-corrected chi connectivity index (χ4v) is 3.06. The molecule has 2 rings (SSSR count). The Hall–Kier alpha value is -2.60. The van der Waals surface area contributed by atoms with Gasteiger partial charge in [0.05, 0.1) is 12.6 Å². The van der Waals surface area contributed by atoms with Crippen LogP contribution in [0.5, 0.6) is 0 Å². The van der Waals surface area contributed by atoms with Crippen LogP contribution >= 0.6 is 0 Å². The second-order valence-corrected chi connectivity index (χ2v) is 8.74. The van der Waals surface area contributed by atoms with Gasteiger partial charge in [-0.25, -0.2) is 14.5 Å². The lowest BCUT2D eigenvalue weighted by molar-refractivity contribution is -0.150. The topological polar surface area (TPSA) is 88.5 Å². The smallest absolute Gasteiger partial charge is 0.415 e. The van der Waals surface area contributed by atoms with Crippen molar-refractivity contribution in [1.82, 2.24) is 9.96 Å². The Labute approximate surface area is 184 Å². The summed E-state index contributed by atoms with van der Waals surface area (Å²) in [5.41, 5.74) is -0.780. The van der Waals surface area contributed by atoms with Gasteiger partial charge in [0.2, 0.25) is 6.23 Å². The molecule has 0 spiro atoms. The monoisotopic (exact) mass is 432 g/mol. The van der Waals surface area contributed by atoms with Crippen LogP contribution in [0.1, 0.15) is 53.5 Å². The predicted molar refractivity (Wildman–Crippen MR) is 114 cm³/mol. The Kier molecular flexibility index (Phi) is 8.07. The summed E-state index contributed by atoms with van der Waals surface area (Å²) in [4.78, 5) is 26.2. The molecule has 31 heavy (non-hydrogen) atoms. The molecule has 1 aromatic rings. The SMILES string of the molecule is CCC(C#CC(=O)OC1COC(C)(C)N1C(=O)OC(C)(C)C)N(O)Cc1ccccc1. The van der Waals surface area contributed by atoms with E-state index in [1.165, 1.54) is 4.90 Å². The third kappa shape index (κ3) is 7.24. The summed E-state index contributed by atoms with van der Waals surface area (Å²) in [6.45, 7) is 10.8. The molecular formula is C23H32N2O6. The normalized spacial score (nSPS) is 18.8. The molecule has 1 aliphatic heterocycles. The Morgan fingerprint density at radius 1 is 1.32 bits per heavy atom. The van der Waals surface area contributed by atoms with Crippen molar-refractivity contribution >= 4 is 12.1 Å². The third-order valence-electron chi connectivity index (χ3n) is 4.56. The molecule has 1 heterocycles. The lowest BCUT2D eigenvalue weighted by Crippen LogP contribution is -2.51. The van der Waals surface area contributed by atoms with Crippen molar-refractivity contribution < 1.29 is 29.0 Å². The number of benzene rings is 1. The van der Waals surface area contributed by atoms with Crippen molar-refractivity contribution in [2.24, 2.45) is 0 Å². The van der Waals surface area contributed by atoms with E-state index < -0.39 is 35.7 Å². The lowest BCUT2D eigenvalue weighted by atomic mass is 10.2. The van der Waals surface area contributed by atoms with Gasteiger partial charge in [-0.05, 0) is 46.6 Å². The highest BCUT2D eigenvalue weighted by molar-refractivity contribution is 5.88. The fraction of sp³-hybridized carbons (Fsp3) is 0.565. The minimum absolute atomic E-state index is 0.0109. The molecule has 0 aliphatic carbocycles. The first-order valence-corrected chi connectivity index (χ1v) is 10.3. The second-order valence-electron chi connectivity index (χ2n) is 8.74. The minimum atomic E-state index is -0.996. The Morgan fingerprint density at radius 3 is 2.55 bits per heavy atom. The average Bonchev–Trinajstić information content (AvgIpc) is 2.95. The number of ether oxygens (including phenoxy) is 3. The fourth-order valence-electron chi connectivity index (χ4n) is 3.06. The Morgan fingerprint density at radius 2 is 1.97 bits per heavy atom. The first-order valence-electron chi connectivity index (χ1n) is 10.3. The van der Waals surface area contributed by atoms with Crippen molar-refractivity contribution in [2.45, 2.75) is 78.1 Å². The van der Waals surface area contributed by atoms with Crippen molar-refractivity contribution in [3.05, 3.63) is 35.9 Å². The standard InChI is InChI=1S/C23H32N2O6/c1-7-18(24(28)15-17-11-9-8-10-12-17)13-14-20(26)30-19-16-29-23(5,6)25(19)21(27)31-22(2,3)4/h8-12,18-19,28H,7,15-16H2,1-6H3. The molecule has 1 amide bonds. The van der Waals surface area contributed by atoms with Crippen molar-refractivity contribution in [1.29, 1.82) is 0 Å². The number of rotatable bonds is 5. The van der Waals surface area contributed by atoms with E-state index in [4.69, 9.17) is 14.2 Å². The van der Waals surface area contributed by atoms with E-state index in [-0.39, 0.29) is 13.2 Å². The molecule has 1 fully saturated rings. The Balaban J connectivity index is 2.03. The average molecular weight is 433 g/mol. The highest BCUT2D eigenvalue weighted by Crippen LogP contribution is 2.30. The molecule has 2 atom stereocenters. The van der Waals surface area contributed by atoms with Gasteiger partial charge in [0.1, 0.15) is 17.9 Å². The van der Waals surface area contributed by atoms with Crippen LogP contribution < -0.4 is 0 Å². The quantitative estimate of drug-likeness (QED) is 0.330. The van der Waals surface area contributed by atoms with E-state index in [0.717, 1.165) is 10.6 Å². The summed E-state index contributed by atoms with van der Waals surface area (Å²) >= 11 is 0. The summed E-state index contributed by atoms with van der Waals surface area (Å²) in [6, 6.07) is 8.90. The van der Waals surface area contributed by atoms with E-state index >= 15 is 0 Å². The maximum atomic E-state index is 12.6. The molecular weight excluding hydrogens is 400 g/mol. The van der Waals surface area contributed by atoms with Gasteiger partial charge in [0, 0.05) is 5.92 Å². The van der Waals surface area contributed by atoms with Crippen molar-refractivity contribution in [2.75, 3.05) is 6.61 Å². The lowest BCUT2D eigenvalue weighted by Gasteiger charge is -2.34. The molecule has 0 saturated carbocycles. The van der Waals surface area contributed by atoms with E-state index in [2.05, 4.69) is 11.8 Å². The molecule has 1 saturated heterocycles. The van der Waals surface area contributed by atoms with E-state index in [9.17, 15) is 14.8 Å². The zero-order valence-electron chi connectivity index (χ0n) is 19.0. The van der Waals surface area contributed by atoms with Gasteiger partial charge in [0.25, 0.3) is 0 Å². The molecule has 1 aromatic carbocycles. The Bertz CT molecular complexity index is 822. The second kappa shape index (κ2) is 10.1. The first-order chi connectivity index (χ1) is 14.4. The van der Waals surface area contributed by atoms with Crippen LogP contribution in [0.4, 0.5) is 4.79 Å². The van der Waals surface area contributed by atoms with Gasteiger partial charge in [-0.1, -0.05) is 43.2 Å². The van der Waals surface area contributed by atoms with E-state index in [0.29, 0.717) is 6.42 Å². The maximum absolute atomic E-state index is 12.6. The van der Waals surface area contributed by atoms with E-state index in [1.54, 1.807) is 34.6 Å². The van der Waals surface area contributed by atoms with Crippen LogP contribution in [0.25, 0.3) is 0 Å². The zero-order valence-corrected chi connectivity index (χ0v) is 19.0. The third-order valence-corrected chi connectivity index (χ3v) is 4.56. The minimum Gasteiger partial charge on any atom is -0.444 e. The van der Waals surface area contributed by atoms with Gasteiger partial charge in [-0.15, -0.1) is 0 Å². The molecule has 2 unspecified atom stereocenters. The zero-order chi connectivity index (χ0) is 23.2. The number of nitrogens with zero attached hydrogens (tertiary/aromatic N) is 2. The number of esters is 1. The van der Waals surface area contributed by atoms with Crippen LogP contribution in [0.15, 0.2) is 30.3 Å². The van der Waals surface area contributed by atoms with Gasteiger partial charge < -0.3 is 19.4 Å². The summed E-state index contributed by atoms with van der Waals surface area (Å²) in [7, 11) is 0. The molecule has 8 heteroatoms. The van der Waals surface area contributed by atoms with Gasteiger partial charge in [0.15, 0.2) is 0 Å². The van der Waals surface area contributed by atoms with E-state index in [1.807, 2.05) is 37.3 Å². The van der Waals surface area contributed by atoms with Gasteiger partial charge in [-0.2, -0.15) is 5.06 Å². The van der Waals surface area contributed by atoms with Crippen molar-refractivity contribution in [3.63, 3.8) is 0 Å². The molecule has 1 N–H and O–H groups in total. The molecule has 0 aromatic heterocycles. The van der Waals surface area contributed by atoms with Crippen LogP contribution in [-0.4, -0.2) is 57.4 Å². The number of hydrogen-bond acceptors (Lipinski definition) is 7. The molecule has 0 radical (unpaired) electrons. The van der Waals surface area contributed by atoms with Crippen LogP contribution in [-0.2, 0) is 25.5 Å². The predicted octanol–water partition coefficient (Wildman–Crippen LogP) is 3.53. The van der Waals surface area contributed by atoms with Crippen LogP contribution in [0.2, 0.25) is 0 Å². The molecule has 8 nitrogen and oxygen atoms in total. The highest BCUT2D eigenvalue weighted by Gasteiger charge is 2.47. The number of carbonyl (C=O) groups is 2. The van der Waals surface area contributed by atoms with Gasteiger partial charge >= 0.3 is 12.1 Å². The number of amides is 1. The highest BCUT2D eigenvalue weighted by atomic mass is 16.6. The number of hydrogen-bond donors (Lipinski definition) is 1. The molecule has 0 bridgehead atoms. The summed E-state index contributed by atoms with van der Waals surface area (Å²) in [5, 5.41) is 11.4. The largest absolute Gasteiger partial charge is 0.444 e. The van der Waals surface area contributed by atoms with Crippen molar-refractivity contribution in [3.8, 4) is 11.8 Å². The summed E-state index contributed by atoms with van der Waals surface area (Å²) in [5.74, 6) is 4.34. The summed E-state index contributed by atoms with van der Waals surface area (Å²) in [6.07, 6.45) is -1.09.